The van der Waals surface area contributed by atoms with Crippen LogP contribution in [0.1, 0.15) is 12.8 Å². The van der Waals surface area contributed by atoms with Gasteiger partial charge in [-0.05, 0) is 33.0 Å². The Morgan fingerprint density at radius 2 is 1.62 bits per heavy atom. The lowest BCUT2D eigenvalue weighted by molar-refractivity contribution is 0.108. The van der Waals surface area contributed by atoms with Crippen molar-refractivity contribution in [2.24, 2.45) is 0 Å². The van der Waals surface area contributed by atoms with Gasteiger partial charge in [0.05, 0.1) is 0 Å². The molecule has 0 saturated carbocycles. The Morgan fingerprint density at radius 3 is 2.23 bits per heavy atom. The minimum absolute atomic E-state index is 0.853. The van der Waals surface area contributed by atoms with E-state index in [2.05, 4.69) is 22.2 Å². The molecule has 0 aliphatic carbocycles. The van der Waals surface area contributed by atoms with Gasteiger partial charge >= 0.3 is 0 Å². The minimum atomic E-state index is 0.853. The highest BCUT2D eigenvalue weighted by Gasteiger charge is 2.23. The molecule has 0 spiro atoms. The molecule has 3 heteroatoms. The van der Waals surface area contributed by atoms with Gasteiger partial charge in [-0.3, -0.25) is 4.90 Å². The Kier molecular flexibility index (Phi) is 3.19. The molecule has 0 bridgehead atoms. The van der Waals surface area contributed by atoms with Crippen molar-refractivity contribution in [3.63, 3.8) is 0 Å². The molecule has 2 fully saturated rings. The van der Waals surface area contributed by atoms with Gasteiger partial charge < -0.3 is 4.90 Å². The third-order valence-corrected chi connectivity index (χ3v) is 3.30. The Bertz CT molecular complexity index is 146. The van der Waals surface area contributed by atoms with Crippen molar-refractivity contribution >= 4 is 0 Å². The van der Waals surface area contributed by atoms with Crippen LogP contribution in [-0.4, -0.2) is 62.2 Å². The summed E-state index contributed by atoms with van der Waals surface area (Å²) in [7, 11) is 2.22. The number of nitrogens with zero attached hydrogens (tertiary/aromatic N) is 3. The molecule has 2 aliphatic heterocycles. The first-order chi connectivity index (χ1) is 6.36. The van der Waals surface area contributed by atoms with E-state index in [0.717, 1.165) is 19.1 Å². The Morgan fingerprint density at radius 1 is 1.00 bits per heavy atom. The van der Waals surface area contributed by atoms with Gasteiger partial charge in [0.25, 0.3) is 0 Å². The number of hydrogen-bond acceptors (Lipinski definition) is 2. The Labute approximate surface area is 81.1 Å². The van der Waals surface area contributed by atoms with Gasteiger partial charge in [-0.2, -0.15) is 0 Å². The topological polar surface area (TPSA) is 20.6 Å². The fraction of sp³-hybridized carbons (Fsp3) is 1.00. The molecule has 0 unspecified atom stereocenters. The molecular weight excluding hydrogens is 162 g/mol. The van der Waals surface area contributed by atoms with E-state index in [-0.39, 0.29) is 0 Å². The van der Waals surface area contributed by atoms with Crippen LogP contribution in [0, 0.1) is 0 Å². The van der Waals surface area contributed by atoms with Gasteiger partial charge in [-0.1, -0.05) is 0 Å². The molecule has 0 N–H and O–H groups in total. The van der Waals surface area contributed by atoms with Crippen molar-refractivity contribution in [2.45, 2.75) is 18.9 Å². The largest absolute Gasteiger partial charge is 0.306 e. The molecule has 2 rings (SSSR count). The first kappa shape index (κ1) is 9.44. The number of piperazine rings is 1. The highest BCUT2D eigenvalue weighted by Crippen LogP contribution is 2.15. The molecule has 0 amide bonds. The lowest BCUT2D eigenvalue weighted by atomic mass is 10.0. The quantitative estimate of drug-likeness (QED) is 0.569. The second-order valence-electron chi connectivity index (χ2n) is 4.24. The minimum Gasteiger partial charge on any atom is -0.306 e. The Hall–Kier alpha value is -0.120. The van der Waals surface area contributed by atoms with Gasteiger partial charge in [-0.15, -0.1) is 0 Å². The zero-order valence-corrected chi connectivity index (χ0v) is 8.58. The molecule has 2 heterocycles. The van der Waals surface area contributed by atoms with E-state index in [4.69, 9.17) is 0 Å². The summed E-state index contributed by atoms with van der Waals surface area (Å²) >= 11 is 0. The summed E-state index contributed by atoms with van der Waals surface area (Å²) in [5, 5.41) is 4.39. The molecule has 2 aliphatic rings. The fourth-order valence-corrected chi connectivity index (χ4v) is 2.35. The van der Waals surface area contributed by atoms with E-state index in [0.29, 0.717) is 0 Å². The van der Waals surface area contributed by atoms with Crippen LogP contribution >= 0.6 is 0 Å². The maximum absolute atomic E-state index is 4.39. The number of piperidine rings is 1. The molecule has 1 radical (unpaired) electrons. The van der Waals surface area contributed by atoms with E-state index in [1.165, 1.54) is 39.0 Å². The first-order valence-corrected chi connectivity index (χ1v) is 5.42. The highest BCUT2D eigenvalue weighted by atomic mass is 15.2. The smallest absolute Gasteiger partial charge is 0.0261 e. The van der Waals surface area contributed by atoms with Crippen LogP contribution in [0.4, 0.5) is 0 Å². The summed E-state index contributed by atoms with van der Waals surface area (Å²) < 4.78 is 0. The van der Waals surface area contributed by atoms with Gasteiger partial charge in [-0.25, -0.2) is 5.32 Å². The van der Waals surface area contributed by atoms with Crippen molar-refractivity contribution in [1.29, 1.82) is 0 Å². The van der Waals surface area contributed by atoms with Crippen LogP contribution in [0.3, 0.4) is 0 Å². The maximum Gasteiger partial charge on any atom is 0.0261 e. The highest BCUT2D eigenvalue weighted by molar-refractivity contribution is 4.81. The zero-order valence-electron chi connectivity index (χ0n) is 8.58. The van der Waals surface area contributed by atoms with Crippen molar-refractivity contribution < 1.29 is 0 Å². The maximum atomic E-state index is 4.39. The second-order valence-corrected chi connectivity index (χ2v) is 4.24. The predicted molar refractivity (Wildman–Crippen MR) is 54.0 cm³/mol. The average Bonchev–Trinajstić information content (AvgIpc) is 2.20. The summed E-state index contributed by atoms with van der Waals surface area (Å²) in [5.74, 6) is 0. The summed E-state index contributed by atoms with van der Waals surface area (Å²) in [6, 6.07) is 0.853. The van der Waals surface area contributed by atoms with Gasteiger partial charge in [0.1, 0.15) is 0 Å². The van der Waals surface area contributed by atoms with E-state index < -0.39 is 0 Å². The second kappa shape index (κ2) is 4.40. The third-order valence-electron chi connectivity index (χ3n) is 3.30. The molecule has 0 aromatic rings. The number of rotatable bonds is 1. The monoisotopic (exact) mass is 182 g/mol. The van der Waals surface area contributed by atoms with Crippen molar-refractivity contribution in [2.75, 3.05) is 46.3 Å². The van der Waals surface area contributed by atoms with Crippen LogP contribution in [0.5, 0.6) is 0 Å². The molecule has 75 valence electrons. The fourth-order valence-electron chi connectivity index (χ4n) is 2.35. The molecule has 2 saturated heterocycles. The third kappa shape index (κ3) is 2.42. The van der Waals surface area contributed by atoms with Crippen LogP contribution in [-0.2, 0) is 0 Å². The average molecular weight is 182 g/mol. The van der Waals surface area contributed by atoms with Gasteiger partial charge in [0, 0.05) is 32.2 Å². The summed E-state index contributed by atoms with van der Waals surface area (Å²) in [5.41, 5.74) is 0. The molecule has 0 aromatic heterocycles. The molecule has 0 atom stereocenters. The standard InChI is InChI=1S/C10H20N3/c1-12-6-2-10(3-7-12)13-8-4-11-5-9-13/h10H,2-9H2,1H3. The summed E-state index contributed by atoms with van der Waals surface area (Å²) in [6.45, 7) is 7.08. The van der Waals surface area contributed by atoms with Crippen molar-refractivity contribution in [3.8, 4) is 0 Å². The van der Waals surface area contributed by atoms with Gasteiger partial charge in [0.15, 0.2) is 0 Å². The SMILES string of the molecule is CN1CCC(N2CC[N]CC2)CC1. The molecule has 0 aromatic carbocycles. The zero-order chi connectivity index (χ0) is 9.10. The van der Waals surface area contributed by atoms with Crippen molar-refractivity contribution in [1.82, 2.24) is 15.1 Å². The van der Waals surface area contributed by atoms with Crippen molar-refractivity contribution in [3.05, 3.63) is 0 Å². The predicted octanol–water partition coefficient (Wildman–Crippen LogP) is 0.000600. The molecule has 3 nitrogen and oxygen atoms in total. The summed E-state index contributed by atoms with van der Waals surface area (Å²) in [6.07, 6.45) is 2.72. The number of hydrogen-bond donors (Lipinski definition) is 0. The van der Waals surface area contributed by atoms with E-state index in [9.17, 15) is 0 Å². The first-order valence-electron chi connectivity index (χ1n) is 5.42. The van der Waals surface area contributed by atoms with E-state index in [1.807, 2.05) is 0 Å². The van der Waals surface area contributed by atoms with Crippen LogP contribution in [0.25, 0.3) is 0 Å². The van der Waals surface area contributed by atoms with E-state index >= 15 is 0 Å². The summed E-state index contributed by atoms with van der Waals surface area (Å²) in [4.78, 5) is 5.07. The van der Waals surface area contributed by atoms with Gasteiger partial charge in [0.2, 0.25) is 0 Å². The molecule has 13 heavy (non-hydrogen) atoms. The lowest BCUT2D eigenvalue weighted by Crippen LogP contribution is -2.49. The van der Waals surface area contributed by atoms with Crippen LogP contribution in [0.15, 0.2) is 0 Å². The van der Waals surface area contributed by atoms with E-state index in [1.54, 1.807) is 0 Å². The Balaban J connectivity index is 1.79. The molecular formula is C10H20N3. The number of likely N-dealkylation sites (tertiary alicyclic amines) is 1. The van der Waals surface area contributed by atoms with Crippen LogP contribution < -0.4 is 5.32 Å². The van der Waals surface area contributed by atoms with Crippen LogP contribution in [0.2, 0.25) is 0 Å². The lowest BCUT2D eigenvalue weighted by Gasteiger charge is -2.38. The normalized spacial score (nSPS) is 29.3.